The Labute approximate surface area is 88.0 Å². The smallest absolute Gasteiger partial charge is 0.177 e. The van der Waals surface area contributed by atoms with Crippen LogP contribution in [0, 0.1) is 5.82 Å². The second-order valence-electron chi connectivity index (χ2n) is 2.37. The summed E-state index contributed by atoms with van der Waals surface area (Å²) in [5, 5.41) is 0.240. The largest absolute Gasteiger partial charge is 0.396 e. The molecule has 0 spiro atoms. The maximum Gasteiger partial charge on any atom is 0.177 e. The summed E-state index contributed by atoms with van der Waals surface area (Å²) >= 11 is 8.64. The summed E-state index contributed by atoms with van der Waals surface area (Å²) in [4.78, 5) is 11.2. The fraction of sp³-hybridized carbons (Fsp3) is 0.125. The molecule has 1 aromatic carbocycles. The number of anilines is 1. The molecular formula is C8H6BrClFNO. The van der Waals surface area contributed by atoms with Gasteiger partial charge in [0.15, 0.2) is 5.78 Å². The van der Waals surface area contributed by atoms with Gasteiger partial charge in [-0.3, -0.25) is 4.79 Å². The van der Waals surface area contributed by atoms with Crippen LogP contribution in [0.1, 0.15) is 10.4 Å². The van der Waals surface area contributed by atoms with Crippen LogP contribution < -0.4 is 5.73 Å². The average molecular weight is 266 g/mol. The van der Waals surface area contributed by atoms with Crippen molar-refractivity contribution >= 4 is 39.0 Å². The molecule has 0 radical (unpaired) electrons. The minimum Gasteiger partial charge on any atom is -0.396 e. The summed E-state index contributed by atoms with van der Waals surface area (Å²) in [7, 11) is 0. The molecule has 2 nitrogen and oxygen atoms in total. The summed E-state index contributed by atoms with van der Waals surface area (Å²) in [5.74, 6) is -0.962. The summed E-state index contributed by atoms with van der Waals surface area (Å²) in [6.07, 6.45) is 0. The zero-order valence-electron chi connectivity index (χ0n) is 6.48. The maximum absolute atomic E-state index is 12.9. The highest BCUT2D eigenvalue weighted by atomic mass is 79.9. The van der Waals surface area contributed by atoms with Crippen LogP contribution >= 0.6 is 27.5 Å². The van der Waals surface area contributed by atoms with Crippen LogP contribution in [0.15, 0.2) is 12.1 Å². The van der Waals surface area contributed by atoms with Gasteiger partial charge in [0.2, 0.25) is 0 Å². The molecular weight excluding hydrogens is 260 g/mol. The number of ketones is 1. The molecule has 0 aliphatic carbocycles. The van der Waals surface area contributed by atoms with Crippen LogP contribution in [0.4, 0.5) is 10.1 Å². The van der Waals surface area contributed by atoms with E-state index >= 15 is 0 Å². The van der Waals surface area contributed by atoms with Crippen LogP contribution in [0.2, 0.25) is 5.02 Å². The van der Waals surface area contributed by atoms with E-state index in [1.165, 1.54) is 6.07 Å². The first-order valence-corrected chi connectivity index (χ1v) is 4.90. The average Bonchev–Trinajstić information content (AvgIpc) is 2.12. The van der Waals surface area contributed by atoms with Crippen LogP contribution in [0.5, 0.6) is 0 Å². The van der Waals surface area contributed by atoms with Crippen molar-refractivity contribution in [3.8, 4) is 0 Å². The van der Waals surface area contributed by atoms with Gasteiger partial charge in [-0.1, -0.05) is 27.5 Å². The van der Waals surface area contributed by atoms with Gasteiger partial charge in [0.05, 0.1) is 21.6 Å². The fourth-order valence-electron chi connectivity index (χ4n) is 0.918. The molecule has 5 heteroatoms. The second-order valence-corrected chi connectivity index (χ2v) is 3.34. The summed E-state index contributed by atoms with van der Waals surface area (Å²) in [5.41, 5.74) is 5.20. The van der Waals surface area contributed by atoms with Crippen molar-refractivity contribution < 1.29 is 9.18 Å². The number of rotatable bonds is 2. The molecule has 0 bridgehead atoms. The minimum atomic E-state index is -0.631. The SMILES string of the molecule is Nc1c(F)ccc(Cl)c1C(=O)CBr. The van der Waals surface area contributed by atoms with Crippen molar-refractivity contribution in [1.29, 1.82) is 0 Å². The number of alkyl halides is 1. The number of carbonyl (C=O) groups is 1. The highest BCUT2D eigenvalue weighted by Crippen LogP contribution is 2.25. The van der Waals surface area contributed by atoms with E-state index in [9.17, 15) is 9.18 Å². The number of nitrogen functional groups attached to an aromatic ring is 1. The molecule has 0 atom stereocenters. The van der Waals surface area contributed by atoms with E-state index in [-0.39, 0.29) is 27.4 Å². The van der Waals surface area contributed by atoms with Gasteiger partial charge in [-0.2, -0.15) is 0 Å². The third-order valence-electron chi connectivity index (χ3n) is 1.54. The van der Waals surface area contributed by atoms with Gasteiger partial charge in [0.1, 0.15) is 5.82 Å². The maximum atomic E-state index is 12.9. The van der Waals surface area contributed by atoms with Gasteiger partial charge < -0.3 is 5.73 Å². The molecule has 0 unspecified atom stereocenters. The van der Waals surface area contributed by atoms with Gasteiger partial charge in [0.25, 0.3) is 0 Å². The third kappa shape index (κ3) is 2.00. The van der Waals surface area contributed by atoms with Crippen molar-refractivity contribution in [2.45, 2.75) is 0 Å². The molecule has 1 aromatic rings. The van der Waals surface area contributed by atoms with Crippen LogP contribution in [-0.2, 0) is 0 Å². The number of Topliss-reactive ketones (excluding diaryl/α,β-unsaturated/α-hetero) is 1. The second kappa shape index (κ2) is 4.07. The zero-order valence-corrected chi connectivity index (χ0v) is 8.82. The summed E-state index contributed by atoms with van der Waals surface area (Å²) < 4.78 is 12.9. The number of nitrogens with two attached hydrogens (primary N) is 1. The predicted octanol–water partition coefficient (Wildman–Crippen LogP) is 2.64. The standard InChI is InChI=1S/C8H6BrClFNO/c9-3-6(13)7-4(10)1-2-5(11)8(7)12/h1-2H,3,12H2. The Morgan fingerprint density at radius 2 is 2.23 bits per heavy atom. The Hall–Kier alpha value is -0.610. The Morgan fingerprint density at radius 3 is 2.77 bits per heavy atom. The lowest BCUT2D eigenvalue weighted by Gasteiger charge is -2.05. The number of carbonyl (C=O) groups excluding carboxylic acids is 1. The molecule has 1 rings (SSSR count). The lowest BCUT2D eigenvalue weighted by Crippen LogP contribution is -2.07. The van der Waals surface area contributed by atoms with Crippen LogP contribution in [-0.4, -0.2) is 11.1 Å². The van der Waals surface area contributed by atoms with E-state index in [2.05, 4.69) is 15.9 Å². The monoisotopic (exact) mass is 265 g/mol. The van der Waals surface area contributed by atoms with Crippen molar-refractivity contribution in [3.05, 3.63) is 28.5 Å². The predicted molar refractivity (Wildman–Crippen MR) is 53.9 cm³/mol. The minimum absolute atomic E-state index is 0.0403. The molecule has 70 valence electrons. The quantitative estimate of drug-likeness (QED) is 0.508. The fourth-order valence-corrected chi connectivity index (χ4v) is 1.47. The molecule has 0 fully saturated rings. The topological polar surface area (TPSA) is 43.1 Å². The van der Waals surface area contributed by atoms with E-state index in [0.29, 0.717) is 0 Å². The van der Waals surface area contributed by atoms with E-state index in [1.54, 1.807) is 0 Å². The number of halogens is 3. The number of benzene rings is 1. The van der Waals surface area contributed by atoms with Gasteiger partial charge in [0, 0.05) is 0 Å². The van der Waals surface area contributed by atoms with Crippen molar-refractivity contribution in [2.75, 3.05) is 11.1 Å². The van der Waals surface area contributed by atoms with Gasteiger partial charge >= 0.3 is 0 Å². The van der Waals surface area contributed by atoms with Gasteiger partial charge in [-0.05, 0) is 12.1 Å². The normalized spacial score (nSPS) is 10.1. The molecule has 0 amide bonds. The Kier molecular flexibility index (Phi) is 3.27. The number of hydrogen-bond acceptors (Lipinski definition) is 2. The Morgan fingerprint density at radius 1 is 1.62 bits per heavy atom. The first-order chi connectivity index (χ1) is 6.07. The summed E-state index contributed by atoms with van der Waals surface area (Å²) in [6, 6.07) is 2.44. The van der Waals surface area contributed by atoms with Crippen LogP contribution in [0.25, 0.3) is 0 Å². The zero-order chi connectivity index (χ0) is 10.0. The van der Waals surface area contributed by atoms with Crippen LogP contribution in [0.3, 0.4) is 0 Å². The van der Waals surface area contributed by atoms with Crippen molar-refractivity contribution in [2.24, 2.45) is 0 Å². The first kappa shape index (κ1) is 10.5. The van der Waals surface area contributed by atoms with Crippen molar-refractivity contribution in [3.63, 3.8) is 0 Å². The third-order valence-corrected chi connectivity index (χ3v) is 2.37. The lowest BCUT2D eigenvalue weighted by atomic mass is 10.1. The summed E-state index contributed by atoms with van der Waals surface area (Å²) in [6.45, 7) is 0. The Bertz CT molecular complexity index is 356. The first-order valence-electron chi connectivity index (χ1n) is 3.40. The van der Waals surface area contributed by atoms with E-state index in [1.807, 2.05) is 0 Å². The molecule has 0 saturated heterocycles. The van der Waals surface area contributed by atoms with E-state index in [4.69, 9.17) is 17.3 Å². The lowest BCUT2D eigenvalue weighted by molar-refractivity contribution is 0.102. The van der Waals surface area contributed by atoms with Gasteiger partial charge in [-0.15, -0.1) is 0 Å². The molecule has 2 N–H and O–H groups in total. The van der Waals surface area contributed by atoms with E-state index in [0.717, 1.165) is 6.07 Å². The molecule has 0 aliphatic heterocycles. The van der Waals surface area contributed by atoms with Crippen molar-refractivity contribution in [1.82, 2.24) is 0 Å². The molecule has 0 heterocycles. The van der Waals surface area contributed by atoms with E-state index < -0.39 is 5.82 Å². The Balaban J connectivity index is 3.33. The molecule has 0 aromatic heterocycles. The molecule has 13 heavy (non-hydrogen) atoms. The molecule has 0 saturated carbocycles. The molecule has 0 aliphatic rings. The highest BCUT2D eigenvalue weighted by molar-refractivity contribution is 9.09. The highest BCUT2D eigenvalue weighted by Gasteiger charge is 2.15. The van der Waals surface area contributed by atoms with Gasteiger partial charge in [-0.25, -0.2) is 4.39 Å². The number of hydrogen-bond donors (Lipinski definition) is 1.